The Hall–Kier alpha value is -1.39. The van der Waals surface area contributed by atoms with Crippen LogP contribution in [-0.4, -0.2) is 40.8 Å². The number of hydrogen-bond donors (Lipinski definition) is 1. The van der Waals surface area contributed by atoms with Crippen LogP contribution in [0.4, 0.5) is 4.79 Å². The number of Topliss-reactive ketones (excluding diaryl/α,β-unsaturated/α-hetero) is 2. The highest BCUT2D eigenvalue weighted by Gasteiger charge is 2.39. The van der Waals surface area contributed by atoms with E-state index in [0.717, 1.165) is 0 Å². The maximum Gasteiger partial charge on any atom is 0.407 e. The van der Waals surface area contributed by atoms with Gasteiger partial charge < -0.3 is 14.8 Å². The third-order valence-corrected chi connectivity index (χ3v) is 3.12. The second kappa shape index (κ2) is 4.63. The fraction of sp³-hybridized carbons (Fsp3) is 0.727. The molecule has 0 aliphatic carbocycles. The molecule has 1 amide bonds. The summed E-state index contributed by atoms with van der Waals surface area (Å²) in [5.41, 5.74) is -0.692. The average molecular weight is 227 g/mol. The zero-order valence-electron chi connectivity index (χ0n) is 9.65. The number of carbonyl (C=O) groups excluding carboxylic acids is 2. The van der Waals surface area contributed by atoms with Gasteiger partial charge in [0.05, 0.1) is 0 Å². The Kier molecular flexibility index (Phi) is 3.67. The Morgan fingerprint density at radius 2 is 2.12 bits per heavy atom. The fourth-order valence-electron chi connectivity index (χ4n) is 1.96. The molecule has 0 saturated carbocycles. The van der Waals surface area contributed by atoms with E-state index in [4.69, 9.17) is 5.11 Å². The lowest BCUT2D eigenvalue weighted by molar-refractivity contribution is -0.132. The average Bonchev–Trinajstić information content (AvgIpc) is 2.19. The minimum atomic E-state index is -0.999. The molecule has 0 aromatic rings. The SMILES string of the molecule is CC(=O)CC[C@]1(C)CN(C(=O)O)CCC1=O. The van der Waals surface area contributed by atoms with E-state index in [1.165, 1.54) is 11.8 Å². The van der Waals surface area contributed by atoms with Crippen LogP contribution in [0, 0.1) is 5.41 Å². The topological polar surface area (TPSA) is 74.7 Å². The van der Waals surface area contributed by atoms with Crippen LogP contribution in [0.1, 0.15) is 33.1 Å². The van der Waals surface area contributed by atoms with E-state index < -0.39 is 11.5 Å². The Bertz CT molecular complexity index is 326. The van der Waals surface area contributed by atoms with Crippen LogP contribution >= 0.6 is 0 Å². The third-order valence-electron chi connectivity index (χ3n) is 3.12. The molecule has 1 aliphatic rings. The minimum absolute atomic E-state index is 0.0291. The minimum Gasteiger partial charge on any atom is -0.465 e. The van der Waals surface area contributed by atoms with Gasteiger partial charge in [-0.25, -0.2) is 4.79 Å². The Morgan fingerprint density at radius 3 is 2.62 bits per heavy atom. The Labute approximate surface area is 94.4 Å². The molecule has 5 heteroatoms. The molecule has 1 fully saturated rings. The van der Waals surface area contributed by atoms with Crippen LogP contribution in [0.3, 0.4) is 0 Å². The van der Waals surface area contributed by atoms with Gasteiger partial charge in [0, 0.05) is 31.3 Å². The van der Waals surface area contributed by atoms with Gasteiger partial charge in [0.25, 0.3) is 0 Å². The maximum absolute atomic E-state index is 11.8. The summed E-state index contributed by atoms with van der Waals surface area (Å²) in [4.78, 5) is 34.8. The second-order valence-corrected chi connectivity index (χ2v) is 4.64. The molecule has 16 heavy (non-hydrogen) atoms. The van der Waals surface area contributed by atoms with Crippen molar-refractivity contribution in [3.05, 3.63) is 0 Å². The van der Waals surface area contributed by atoms with Gasteiger partial charge in [-0.3, -0.25) is 4.79 Å². The molecule has 90 valence electrons. The number of carbonyl (C=O) groups is 3. The van der Waals surface area contributed by atoms with E-state index in [1.54, 1.807) is 6.92 Å². The predicted molar refractivity (Wildman–Crippen MR) is 57.2 cm³/mol. The van der Waals surface area contributed by atoms with Crippen LogP contribution in [0.15, 0.2) is 0 Å². The molecule has 1 aliphatic heterocycles. The van der Waals surface area contributed by atoms with Gasteiger partial charge in [-0.05, 0) is 13.3 Å². The number of amides is 1. The monoisotopic (exact) mass is 227 g/mol. The standard InChI is InChI=1S/C11H17NO4/c1-8(13)3-5-11(2)7-12(10(15)16)6-4-9(11)14/h3-7H2,1-2H3,(H,15,16)/t11-/m1/s1. The van der Waals surface area contributed by atoms with Gasteiger partial charge >= 0.3 is 6.09 Å². The molecule has 0 spiro atoms. The zero-order valence-corrected chi connectivity index (χ0v) is 9.65. The summed E-state index contributed by atoms with van der Waals surface area (Å²) in [6.07, 6.45) is 0.0167. The molecule has 5 nitrogen and oxygen atoms in total. The smallest absolute Gasteiger partial charge is 0.407 e. The van der Waals surface area contributed by atoms with Gasteiger partial charge in [0.1, 0.15) is 11.6 Å². The third kappa shape index (κ3) is 2.81. The summed E-state index contributed by atoms with van der Waals surface area (Å²) < 4.78 is 0. The number of piperidine rings is 1. The number of nitrogens with zero attached hydrogens (tertiary/aromatic N) is 1. The van der Waals surface area contributed by atoms with E-state index in [1.807, 2.05) is 0 Å². The van der Waals surface area contributed by atoms with Gasteiger partial charge in [0.2, 0.25) is 0 Å². The van der Waals surface area contributed by atoms with Crippen molar-refractivity contribution in [3.63, 3.8) is 0 Å². The summed E-state index contributed by atoms with van der Waals surface area (Å²) in [6.45, 7) is 3.69. The predicted octanol–water partition coefficient (Wildman–Crippen LogP) is 1.31. The molecule has 1 heterocycles. The molecule has 0 aromatic heterocycles. The lowest BCUT2D eigenvalue weighted by Crippen LogP contribution is -2.49. The summed E-state index contributed by atoms with van der Waals surface area (Å²) in [6, 6.07) is 0. The number of rotatable bonds is 3. The number of carboxylic acid groups (broad SMARTS) is 1. The van der Waals surface area contributed by atoms with Crippen molar-refractivity contribution < 1.29 is 19.5 Å². The van der Waals surface area contributed by atoms with Crippen LogP contribution in [0.2, 0.25) is 0 Å². The first-order valence-electron chi connectivity index (χ1n) is 5.36. The fourth-order valence-corrected chi connectivity index (χ4v) is 1.96. The highest BCUT2D eigenvalue weighted by atomic mass is 16.4. The van der Waals surface area contributed by atoms with E-state index in [9.17, 15) is 14.4 Å². The largest absolute Gasteiger partial charge is 0.465 e. The zero-order chi connectivity index (χ0) is 12.3. The first-order valence-corrected chi connectivity index (χ1v) is 5.36. The van der Waals surface area contributed by atoms with E-state index >= 15 is 0 Å². The highest BCUT2D eigenvalue weighted by Crippen LogP contribution is 2.31. The van der Waals surface area contributed by atoms with E-state index in [0.29, 0.717) is 12.8 Å². The van der Waals surface area contributed by atoms with Crippen molar-refractivity contribution in [1.82, 2.24) is 4.90 Å². The van der Waals surface area contributed by atoms with Crippen molar-refractivity contribution in [2.24, 2.45) is 5.41 Å². The van der Waals surface area contributed by atoms with Crippen molar-refractivity contribution in [1.29, 1.82) is 0 Å². The lowest BCUT2D eigenvalue weighted by atomic mass is 9.76. The molecule has 1 atom stereocenters. The van der Waals surface area contributed by atoms with Crippen molar-refractivity contribution in [3.8, 4) is 0 Å². The summed E-state index contributed by atoms with van der Waals surface area (Å²) in [5, 5.41) is 8.88. The first-order chi connectivity index (χ1) is 7.35. The number of ketones is 2. The van der Waals surface area contributed by atoms with Gasteiger partial charge in [-0.15, -0.1) is 0 Å². The van der Waals surface area contributed by atoms with Crippen molar-refractivity contribution in [2.45, 2.75) is 33.1 Å². The Balaban J connectivity index is 2.70. The molecule has 0 aromatic carbocycles. The molecule has 0 bridgehead atoms. The van der Waals surface area contributed by atoms with Gasteiger partial charge in [0.15, 0.2) is 0 Å². The second-order valence-electron chi connectivity index (χ2n) is 4.64. The molecule has 1 saturated heterocycles. The molecule has 1 rings (SSSR count). The van der Waals surface area contributed by atoms with Crippen LogP contribution in [0.25, 0.3) is 0 Å². The highest BCUT2D eigenvalue weighted by molar-refractivity contribution is 5.87. The summed E-state index contributed by atoms with van der Waals surface area (Å²) in [7, 11) is 0. The van der Waals surface area contributed by atoms with Crippen molar-refractivity contribution in [2.75, 3.05) is 13.1 Å². The van der Waals surface area contributed by atoms with E-state index in [2.05, 4.69) is 0 Å². The van der Waals surface area contributed by atoms with Crippen LogP contribution in [-0.2, 0) is 9.59 Å². The van der Waals surface area contributed by atoms with Gasteiger partial charge in [-0.1, -0.05) is 6.92 Å². The summed E-state index contributed by atoms with van der Waals surface area (Å²) in [5.74, 6) is 0.0905. The maximum atomic E-state index is 11.8. The van der Waals surface area contributed by atoms with Crippen molar-refractivity contribution >= 4 is 17.7 Å². The molecule has 1 N–H and O–H groups in total. The molecular formula is C11H17NO4. The number of likely N-dealkylation sites (tertiary alicyclic amines) is 1. The number of hydrogen-bond acceptors (Lipinski definition) is 3. The van der Waals surface area contributed by atoms with Crippen LogP contribution < -0.4 is 0 Å². The normalized spacial score (nSPS) is 25.6. The molecule has 0 radical (unpaired) electrons. The van der Waals surface area contributed by atoms with Gasteiger partial charge in [-0.2, -0.15) is 0 Å². The summed E-state index contributed by atoms with van der Waals surface area (Å²) >= 11 is 0. The molecular weight excluding hydrogens is 210 g/mol. The van der Waals surface area contributed by atoms with E-state index in [-0.39, 0.29) is 31.1 Å². The molecule has 0 unspecified atom stereocenters. The quantitative estimate of drug-likeness (QED) is 0.788. The lowest BCUT2D eigenvalue weighted by Gasteiger charge is -2.37. The Morgan fingerprint density at radius 1 is 1.50 bits per heavy atom. The van der Waals surface area contributed by atoms with Crippen LogP contribution in [0.5, 0.6) is 0 Å². The first kappa shape index (κ1) is 12.7.